The average Bonchev–Trinajstić information content (AvgIpc) is 0.811. The first-order chi connectivity index (χ1) is 1.73. The van der Waals surface area contributed by atoms with Gasteiger partial charge in [0.25, 0.3) is 0 Å². The van der Waals surface area contributed by atoms with Gasteiger partial charge in [0.05, 0.1) is 0 Å². The van der Waals surface area contributed by atoms with E-state index in [-0.39, 0.29) is 22.3 Å². The SMILES string of the molecule is OB(O)O.[Cl-].[PH4+]. The highest BCUT2D eigenvalue weighted by molar-refractivity contribution is 6.92. The molecule has 0 aliphatic rings. The lowest BCUT2D eigenvalue weighted by Crippen LogP contribution is -3.00. The quantitative estimate of drug-likeness (QED) is 0.228. The van der Waals surface area contributed by atoms with E-state index in [0.29, 0.717) is 0 Å². The van der Waals surface area contributed by atoms with E-state index in [1.54, 1.807) is 0 Å². The van der Waals surface area contributed by atoms with Gasteiger partial charge in [-0.2, -0.15) is 0 Å². The molecule has 0 saturated heterocycles. The van der Waals surface area contributed by atoms with E-state index in [1.165, 1.54) is 0 Å². The van der Waals surface area contributed by atoms with Gasteiger partial charge in [0.1, 0.15) is 0 Å². The molecule has 0 aromatic heterocycles. The van der Waals surface area contributed by atoms with Crippen molar-refractivity contribution in [2.45, 2.75) is 0 Å². The Bertz CT molecular complexity index is 15.5. The lowest BCUT2D eigenvalue weighted by Gasteiger charge is -1.69. The lowest BCUT2D eigenvalue weighted by atomic mass is 10.3. The third kappa shape index (κ3) is 142. The monoisotopic (exact) mass is 132 g/mol. The zero-order valence-electron chi connectivity index (χ0n) is 3.30. The third-order valence-corrected chi connectivity index (χ3v) is 0. The fraction of sp³-hybridized carbons (Fsp3) is 0. The van der Waals surface area contributed by atoms with Gasteiger partial charge in [0.15, 0.2) is 0 Å². The molecule has 0 bridgehead atoms. The summed E-state index contributed by atoms with van der Waals surface area (Å²) in [5.41, 5.74) is 0. The molecule has 0 amide bonds. The van der Waals surface area contributed by atoms with E-state index in [9.17, 15) is 0 Å². The highest BCUT2D eigenvalue weighted by Crippen LogP contribution is 1.40. The molecule has 0 heterocycles. The molecule has 40 valence electrons. The zero-order valence-corrected chi connectivity index (χ0v) is 6.05. The third-order valence-electron chi connectivity index (χ3n) is 0. The van der Waals surface area contributed by atoms with Crippen molar-refractivity contribution in [2.75, 3.05) is 0 Å². The maximum Gasteiger partial charge on any atom is 0.631 e. The van der Waals surface area contributed by atoms with Gasteiger partial charge in [-0.1, -0.05) is 0 Å². The molecule has 0 spiro atoms. The molecule has 3 nitrogen and oxygen atoms in total. The van der Waals surface area contributed by atoms with Crippen LogP contribution in [0.3, 0.4) is 0 Å². The van der Waals surface area contributed by atoms with Crippen LogP contribution in [0.15, 0.2) is 0 Å². The molecule has 0 radical (unpaired) electrons. The van der Waals surface area contributed by atoms with Crippen LogP contribution in [0.1, 0.15) is 0 Å². The maximum absolute atomic E-state index is 7.17. The summed E-state index contributed by atoms with van der Waals surface area (Å²) in [6, 6.07) is 0. The Kier molecular flexibility index (Phi) is 24.4. The molecule has 0 aromatic rings. The highest BCUT2D eigenvalue weighted by atomic mass is 35.5. The Labute approximate surface area is 45.6 Å². The first-order valence-electron chi connectivity index (χ1n) is 0.775. The van der Waals surface area contributed by atoms with Gasteiger partial charge >= 0.3 is 7.32 Å². The topological polar surface area (TPSA) is 60.7 Å². The summed E-state index contributed by atoms with van der Waals surface area (Å²) in [5.74, 6) is 0. The van der Waals surface area contributed by atoms with Crippen LogP contribution in [-0.4, -0.2) is 22.4 Å². The smallest absolute Gasteiger partial charge is 0.631 e. The standard InChI is InChI=1S/BH3O3.ClH.H3P/c2-1(3)4;;/h2-4H;1H;1H3. The van der Waals surface area contributed by atoms with Gasteiger partial charge in [-0.15, -0.1) is 0 Å². The van der Waals surface area contributed by atoms with Crippen LogP contribution in [0.5, 0.6) is 0 Å². The molecule has 0 fully saturated rings. The summed E-state index contributed by atoms with van der Waals surface area (Å²) in [7, 11) is -2.17. The molecule has 0 aromatic carbocycles. The van der Waals surface area contributed by atoms with E-state index >= 15 is 0 Å². The van der Waals surface area contributed by atoms with Crippen molar-refractivity contribution in [2.24, 2.45) is 0 Å². The molecule has 1 unspecified atom stereocenters. The van der Waals surface area contributed by atoms with Crippen molar-refractivity contribution in [3.63, 3.8) is 0 Å². The van der Waals surface area contributed by atoms with Crippen molar-refractivity contribution >= 4 is 17.2 Å². The second-order valence-corrected chi connectivity index (χ2v) is 0.346. The first-order valence-corrected chi connectivity index (χ1v) is 0.775. The van der Waals surface area contributed by atoms with Crippen molar-refractivity contribution in [1.29, 1.82) is 0 Å². The van der Waals surface area contributed by atoms with E-state index in [4.69, 9.17) is 15.1 Å². The molecule has 0 aliphatic carbocycles. The molecule has 0 aliphatic heterocycles. The number of hydrogen-bond donors (Lipinski definition) is 3. The Balaban J connectivity index is -0.0000000450. The minimum Gasteiger partial charge on any atom is -1.00 e. The zero-order chi connectivity index (χ0) is 3.58. The van der Waals surface area contributed by atoms with Crippen LogP contribution >= 0.6 is 9.90 Å². The van der Waals surface area contributed by atoms with E-state index in [2.05, 4.69) is 0 Å². The fourth-order valence-electron chi connectivity index (χ4n) is 0. The highest BCUT2D eigenvalue weighted by Gasteiger charge is 1.92. The summed E-state index contributed by atoms with van der Waals surface area (Å²) in [6.07, 6.45) is 0. The van der Waals surface area contributed by atoms with Crippen LogP contribution in [0, 0.1) is 0 Å². The molecule has 3 N–H and O–H groups in total. The normalized spacial score (nSPS) is 4.50. The predicted molar refractivity (Wildman–Crippen MR) is 24.9 cm³/mol. The predicted octanol–water partition coefficient (Wildman–Crippen LogP) is -5.26. The van der Waals surface area contributed by atoms with Crippen molar-refractivity contribution in [3.05, 3.63) is 0 Å². The van der Waals surface area contributed by atoms with Crippen molar-refractivity contribution < 1.29 is 27.5 Å². The minimum atomic E-state index is -2.17. The van der Waals surface area contributed by atoms with E-state index in [1.807, 2.05) is 0 Å². The van der Waals surface area contributed by atoms with Gasteiger partial charge in [-0.25, -0.2) is 0 Å². The van der Waals surface area contributed by atoms with Gasteiger partial charge in [-0.3, -0.25) is 0 Å². The molecule has 0 rings (SSSR count). The summed E-state index contributed by atoms with van der Waals surface area (Å²) in [4.78, 5) is 0. The largest absolute Gasteiger partial charge is 1.00 e. The molecule has 0 saturated carbocycles. The second kappa shape index (κ2) is 9.18. The van der Waals surface area contributed by atoms with Gasteiger partial charge < -0.3 is 27.5 Å². The molecule has 6 heteroatoms. The average molecular weight is 132 g/mol. The minimum absolute atomic E-state index is 0. The fourth-order valence-corrected chi connectivity index (χ4v) is 0. The Morgan fingerprint density at radius 1 is 1.00 bits per heavy atom. The second-order valence-electron chi connectivity index (χ2n) is 0.346. The Hall–Kier alpha value is 0.665. The molecular formula is H7BClO3P. The van der Waals surface area contributed by atoms with Crippen LogP contribution in [-0.2, 0) is 0 Å². The summed E-state index contributed by atoms with van der Waals surface area (Å²) in [5, 5.41) is 21.5. The van der Waals surface area contributed by atoms with E-state index < -0.39 is 7.32 Å². The molecule has 6 heavy (non-hydrogen) atoms. The van der Waals surface area contributed by atoms with Crippen LogP contribution in [0.4, 0.5) is 0 Å². The number of rotatable bonds is 0. The Morgan fingerprint density at radius 3 is 1.00 bits per heavy atom. The number of hydrogen-bond acceptors (Lipinski definition) is 3. The van der Waals surface area contributed by atoms with Crippen LogP contribution < -0.4 is 12.4 Å². The summed E-state index contributed by atoms with van der Waals surface area (Å²) < 4.78 is 0. The first kappa shape index (κ1) is 15.9. The van der Waals surface area contributed by atoms with E-state index in [0.717, 1.165) is 0 Å². The van der Waals surface area contributed by atoms with Crippen molar-refractivity contribution in [3.8, 4) is 0 Å². The maximum atomic E-state index is 7.17. The summed E-state index contributed by atoms with van der Waals surface area (Å²) >= 11 is 0. The van der Waals surface area contributed by atoms with Gasteiger partial charge in [-0.05, 0) is 9.90 Å². The lowest BCUT2D eigenvalue weighted by molar-refractivity contribution is -0.00000704. The Morgan fingerprint density at radius 2 is 1.00 bits per heavy atom. The molecule has 1 atom stereocenters. The van der Waals surface area contributed by atoms with Crippen molar-refractivity contribution in [1.82, 2.24) is 0 Å². The summed E-state index contributed by atoms with van der Waals surface area (Å²) in [6.45, 7) is 0. The molecular weight excluding hydrogens is 125 g/mol. The van der Waals surface area contributed by atoms with Crippen LogP contribution in [0.2, 0.25) is 0 Å². The number of halogens is 1. The van der Waals surface area contributed by atoms with Crippen LogP contribution in [0.25, 0.3) is 0 Å². The van der Waals surface area contributed by atoms with Gasteiger partial charge in [0.2, 0.25) is 0 Å². The van der Waals surface area contributed by atoms with Gasteiger partial charge in [0, 0.05) is 0 Å².